The van der Waals surface area contributed by atoms with E-state index in [-0.39, 0.29) is 5.41 Å². The van der Waals surface area contributed by atoms with Crippen LogP contribution >= 0.6 is 11.3 Å². The second-order valence-electron chi connectivity index (χ2n) is 17.2. The lowest BCUT2D eigenvalue weighted by atomic mass is 9.70. The van der Waals surface area contributed by atoms with Crippen LogP contribution in [-0.4, -0.2) is 0 Å². The average Bonchev–Trinajstić information content (AvgIpc) is 3.98. The minimum Gasteiger partial charge on any atom is -0.310 e. The summed E-state index contributed by atoms with van der Waals surface area (Å²) < 4.78 is 2.60. The number of anilines is 3. The molecule has 1 nitrogen and oxygen atoms in total. The third-order valence-electron chi connectivity index (χ3n) is 13.9. The highest BCUT2D eigenvalue weighted by molar-refractivity contribution is 7.25. The highest BCUT2D eigenvalue weighted by Gasteiger charge is 2.52. The fraction of sp³-hybridized carbons (Fsp3) is 0.0690. The van der Waals surface area contributed by atoms with Crippen molar-refractivity contribution in [3.63, 3.8) is 0 Å². The number of hydrogen-bond donors (Lipinski definition) is 0. The number of thiophene rings is 1. The molecule has 0 unspecified atom stereocenters. The van der Waals surface area contributed by atoms with Gasteiger partial charge in [-0.3, -0.25) is 0 Å². The quantitative estimate of drug-likeness (QED) is 0.172. The van der Waals surface area contributed by atoms with Crippen LogP contribution in [0, 0.1) is 0 Å². The van der Waals surface area contributed by atoms with E-state index in [1.165, 1.54) is 104 Å². The van der Waals surface area contributed by atoms with E-state index in [1.807, 2.05) is 11.3 Å². The maximum Gasteiger partial charge on any atom is 0.0726 e. The van der Waals surface area contributed by atoms with Gasteiger partial charge in [-0.05, 0) is 115 Å². The van der Waals surface area contributed by atoms with Crippen molar-refractivity contribution in [2.24, 2.45) is 0 Å². The largest absolute Gasteiger partial charge is 0.310 e. The lowest BCUT2D eigenvalue weighted by Crippen LogP contribution is -2.26. The molecule has 3 aliphatic carbocycles. The molecule has 3 aliphatic rings. The Hall–Kier alpha value is -7.00. The third kappa shape index (κ3) is 4.41. The zero-order valence-corrected chi connectivity index (χ0v) is 34.2. The zero-order valence-electron chi connectivity index (χ0n) is 33.4. The molecule has 1 aromatic heterocycles. The van der Waals surface area contributed by atoms with Crippen molar-refractivity contribution >= 4 is 48.6 Å². The summed E-state index contributed by atoms with van der Waals surface area (Å²) in [5, 5.41) is 2.61. The number of fused-ring (bicyclic) bond motifs is 16. The second-order valence-corrected chi connectivity index (χ2v) is 18.3. The number of hydrogen-bond acceptors (Lipinski definition) is 2. The summed E-state index contributed by atoms with van der Waals surface area (Å²) in [6.07, 6.45) is 0. The van der Waals surface area contributed by atoms with Crippen LogP contribution < -0.4 is 4.90 Å². The van der Waals surface area contributed by atoms with Gasteiger partial charge >= 0.3 is 0 Å². The van der Waals surface area contributed by atoms with Gasteiger partial charge in [0, 0.05) is 42.5 Å². The van der Waals surface area contributed by atoms with Crippen LogP contribution in [0.2, 0.25) is 0 Å². The predicted molar refractivity (Wildman–Crippen MR) is 253 cm³/mol. The molecule has 60 heavy (non-hydrogen) atoms. The summed E-state index contributed by atoms with van der Waals surface area (Å²) >= 11 is 1.88. The maximum atomic E-state index is 2.57. The Balaban J connectivity index is 1.15. The average molecular weight is 782 g/mol. The molecule has 0 saturated heterocycles. The van der Waals surface area contributed by atoms with E-state index in [1.54, 1.807) is 0 Å². The van der Waals surface area contributed by atoms with Crippen LogP contribution in [0.5, 0.6) is 0 Å². The molecule has 0 bridgehead atoms. The van der Waals surface area contributed by atoms with Crippen molar-refractivity contribution in [1.29, 1.82) is 0 Å². The monoisotopic (exact) mass is 781 g/mol. The van der Waals surface area contributed by atoms with E-state index in [9.17, 15) is 0 Å². The number of benzene rings is 9. The molecular formula is C58H39NS. The molecule has 0 N–H and O–H groups in total. The summed E-state index contributed by atoms with van der Waals surface area (Å²) in [5.41, 5.74) is 21.3. The van der Waals surface area contributed by atoms with E-state index in [0.29, 0.717) is 0 Å². The van der Waals surface area contributed by atoms with Crippen LogP contribution in [0.1, 0.15) is 47.2 Å². The van der Waals surface area contributed by atoms with Gasteiger partial charge in [0.05, 0.1) is 11.1 Å². The van der Waals surface area contributed by atoms with E-state index in [2.05, 4.69) is 219 Å². The first-order valence-corrected chi connectivity index (χ1v) is 21.8. The summed E-state index contributed by atoms with van der Waals surface area (Å²) in [4.78, 5) is 2.56. The highest BCUT2D eigenvalue weighted by Crippen LogP contribution is 2.64. The van der Waals surface area contributed by atoms with Gasteiger partial charge in [-0.1, -0.05) is 172 Å². The molecule has 9 aromatic carbocycles. The van der Waals surface area contributed by atoms with Gasteiger partial charge in [-0.2, -0.15) is 0 Å². The lowest BCUT2D eigenvalue weighted by Gasteiger charge is -2.34. The summed E-state index contributed by atoms with van der Waals surface area (Å²) in [6, 6.07) is 75.6. The predicted octanol–water partition coefficient (Wildman–Crippen LogP) is 15.8. The first-order chi connectivity index (χ1) is 29.5. The normalized spacial score (nSPS) is 14.4. The van der Waals surface area contributed by atoms with E-state index in [0.717, 1.165) is 11.4 Å². The molecule has 282 valence electrons. The van der Waals surface area contributed by atoms with Crippen molar-refractivity contribution in [3.05, 3.63) is 234 Å². The molecule has 1 spiro atoms. The van der Waals surface area contributed by atoms with Crippen molar-refractivity contribution in [2.75, 3.05) is 4.90 Å². The molecule has 0 aliphatic heterocycles. The van der Waals surface area contributed by atoms with Crippen molar-refractivity contribution in [3.8, 4) is 44.5 Å². The zero-order chi connectivity index (χ0) is 39.7. The first kappa shape index (κ1) is 33.9. The van der Waals surface area contributed by atoms with Gasteiger partial charge in [0.25, 0.3) is 0 Å². The summed E-state index contributed by atoms with van der Waals surface area (Å²) in [6.45, 7) is 4.77. The molecule has 0 fully saturated rings. The highest BCUT2D eigenvalue weighted by atomic mass is 32.1. The Bertz CT molecular complexity index is 3380. The molecule has 13 rings (SSSR count). The second kappa shape index (κ2) is 12.3. The van der Waals surface area contributed by atoms with E-state index >= 15 is 0 Å². The number of rotatable bonds is 4. The van der Waals surface area contributed by atoms with Crippen LogP contribution in [0.3, 0.4) is 0 Å². The molecule has 2 heteroatoms. The van der Waals surface area contributed by atoms with Crippen LogP contribution in [0.25, 0.3) is 64.7 Å². The van der Waals surface area contributed by atoms with Crippen molar-refractivity contribution in [1.82, 2.24) is 0 Å². The topological polar surface area (TPSA) is 3.24 Å². The Labute approximate surface area is 354 Å². The minimum atomic E-state index is -0.467. The molecule has 0 saturated carbocycles. The van der Waals surface area contributed by atoms with Crippen LogP contribution in [0.15, 0.2) is 200 Å². The molecule has 0 atom stereocenters. The Morgan fingerprint density at radius 3 is 1.57 bits per heavy atom. The van der Waals surface area contributed by atoms with E-state index in [4.69, 9.17) is 0 Å². The van der Waals surface area contributed by atoms with Crippen molar-refractivity contribution < 1.29 is 0 Å². The molecule has 0 amide bonds. The Morgan fingerprint density at radius 2 is 0.867 bits per heavy atom. The first-order valence-electron chi connectivity index (χ1n) is 21.0. The van der Waals surface area contributed by atoms with Gasteiger partial charge in [0.1, 0.15) is 0 Å². The lowest BCUT2D eigenvalue weighted by molar-refractivity contribution is 0.660. The molecule has 0 radical (unpaired) electrons. The SMILES string of the molecule is CC1(C)c2ccccc2-c2ccc(N(c3ccc4c(c3)sc3ccccc34)c3cc4c(cc3-c3ccccc3)-c3ccccc3C43c4ccccc4-c4ccccc43)cc21. The summed E-state index contributed by atoms with van der Waals surface area (Å²) in [7, 11) is 0. The third-order valence-corrected chi connectivity index (χ3v) is 15.0. The van der Waals surface area contributed by atoms with Crippen LogP contribution in [-0.2, 0) is 10.8 Å². The maximum absolute atomic E-state index is 2.57. The fourth-order valence-corrected chi connectivity index (χ4v) is 12.4. The van der Waals surface area contributed by atoms with Gasteiger partial charge < -0.3 is 4.90 Å². The molecular weight excluding hydrogens is 743 g/mol. The summed E-state index contributed by atoms with van der Waals surface area (Å²) in [5.74, 6) is 0. The smallest absolute Gasteiger partial charge is 0.0726 e. The molecule has 1 heterocycles. The van der Waals surface area contributed by atoms with Crippen molar-refractivity contribution in [2.45, 2.75) is 24.7 Å². The van der Waals surface area contributed by atoms with Crippen LogP contribution in [0.4, 0.5) is 17.1 Å². The number of nitrogens with zero attached hydrogens (tertiary/aromatic N) is 1. The fourth-order valence-electron chi connectivity index (χ4n) is 11.3. The standard InChI is InChI=1S/C58H39NS/c1-57(2)48-23-11-6-18-39(48)43-30-28-37(32-52(43)57)59(38-29-31-45-44-22-10-15-27-55(44)60-56(45)33-38)54-35-53-47(34-46(54)36-16-4-3-5-17-36)42-21-9-14-26-51(42)58(53)49-24-12-7-19-40(49)41-20-8-13-25-50(41)58/h3-35H,1-2H3. The van der Waals surface area contributed by atoms with Gasteiger partial charge in [-0.25, -0.2) is 0 Å². The van der Waals surface area contributed by atoms with E-state index < -0.39 is 5.41 Å². The van der Waals surface area contributed by atoms with Gasteiger partial charge in [0.2, 0.25) is 0 Å². The van der Waals surface area contributed by atoms with Gasteiger partial charge in [0.15, 0.2) is 0 Å². The van der Waals surface area contributed by atoms with Gasteiger partial charge in [-0.15, -0.1) is 11.3 Å². The minimum absolute atomic E-state index is 0.147. The Kier molecular flexibility index (Phi) is 6.94. The molecule has 10 aromatic rings. The Morgan fingerprint density at radius 1 is 0.350 bits per heavy atom.